The van der Waals surface area contributed by atoms with Crippen molar-refractivity contribution in [3.63, 3.8) is 0 Å². The average molecular weight is 511 g/mol. The molecule has 5 aromatic heterocycles. The third kappa shape index (κ3) is 4.68. The molecule has 0 aromatic carbocycles. The van der Waals surface area contributed by atoms with Crippen LogP contribution in [0.3, 0.4) is 0 Å². The molecule has 0 atom stereocenters. The van der Waals surface area contributed by atoms with Gasteiger partial charge in [0, 0.05) is 62.3 Å². The highest BCUT2D eigenvalue weighted by Crippen LogP contribution is 2.31. The van der Waals surface area contributed by atoms with Gasteiger partial charge in [-0.15, -0.1) is 0 Å². The van der Waals surface area contributed by atoms with E-state index in [1.165, 1.54) is 0 Å². The van der Waals surface area contributed by atoms with Crippen LogP contribution in [0.1, 0.15) is 20.3 Å². The summed E-state index contributed by atoms with van der Waals surface area (Å²) in [6.07, 6.45) is 7.45. The van der Waals surface area contributed by atoms with E-state index in [1.807, 2.05) is 38.2 Å². The summed E-state index contributed by atoms with van der Waals surface area (Å²) in [5, 5.41) is 11.3. The summed E-state index contributed by atoms with van der Waals surface area (Å²) >= 11 is 0. The van der Waals surface area contributed by atoms with E-state index < -0.39 is 0 Å². The van der Waals surface area contributed by atoms with Crippen LogP contribution >= 0.6 is 0 Å². The molecule has 1 amide bonds. The third-order valence-electron chi connectivity index (χ3n) is 6.78. The van der Waals surface area contributed by atoms with Gasteiger partial charge < -0.3 is 20.1 Å². The van der Waals surface area contributed by atoms with Crippen molar-refractivity contribution in [1.29, 1.82) is 0 Å². The Bertz CT molecular complexity index is 1610. The number of rotatable bonds is 6. The van der Waals surface area contributed by atoms with Crippen molar-refractivity contribution in [3.8, 4) is 22.6 Å². The molecule has 1 aliphatic rings. The topological polar surface area (TPSA) is 132 Å². The van der Waals surface area contributed by atoms with Crippen molar-refractivity contribution in [1.82, 2.24) is 40.0 Å². The summed E-state index contributed by atoms with van der Waals surface area (Å²) in [7, 11) is 2.14. The summed E-state index contributed by atoms with van der Waals surface area (Å²) in [5.41, 5.74) is 5.48. The molecule has 3 N–H and O–H groups in total. The lowest BCUT2D eigenvalue weighted by atomic mass is 10.1. The van der Waals surface area contributed by atoms with Gasteiger partial charge in [-0.1, -0.05) is 13.8 Å². The number of amides is 1. The Morgan fingerprint density at radius 2 is 1.89 bits per heavy atom. The van der Waals surface area contributed by atoms with Crippen LogP contribution in [0.5, 0.6) is 0 Å². The van der Waals surface area contributed by atoms with Crippen LogP contribution in [-0.4, -0.2) is 79.2 Å². The van der Waals surface area contributed by atoms with Crippen molar-refractivity contribution in [2.24, 2.45) is 5.92 Å². The Hall–Kier alpha value is -4.38. The number of H-pyrrole nitrogens is 2. The number of carbonyl (C=O) groups is 1. The maximum Gasteiger partial charge on any atom is 0.224 e. The minimum Gasteiger partial charge on any atom is -0.352 e. The molecule has 0 radical (unpaired) electrons. The largest absolute Gasteiger partial charge is 0.352 e. The molecule has 0 bridgehead atoms. The molecule has 38 heavy (non-hydrogen) atoms. The van der Waals surface area contributed by atoms with Crippen LogP contribution in [0.4, 0.5) is 11.5 Å². The van der Waals surface area contributed by atoms with E-state index >= 15 is 0 Å². The van der Waals surface area contributed by atoms with Crippen LogP contribution in [0.15, 0.2) is 43.0 Å². The first-order chi connectivity index (χ1) is 18.4. The molecule has 194 valence electrons. The number of imidazole rings is 1. The van der Waals surface area contributed by atoms with E-state index in [1.54, 1.807) is 18.6 Å². The smallest absolute Gasteiger partial charge is 0.224 e. The Labute approximate surface area is 219 Å². The second-order valence-corrected chi connectivity index (χ2v) is 10.2. The van der Waals surface area contributed by atoms with Crippen LogP contribution < -0.4 is 10.2 Å². The Balaban J connectivity index is 1.34. The van der Waals surface area contributed by atoms with E-state index in [0.717, 1.165) is 65.2 Å². The van der Waals surface area contributed by atoms with Crippen LogP contribution in [0.25, 0.3) is 44.7 Å². The lowest BCUT2D eigenvalue weighted by Gasteiger charge is -2.33. The molecule has 1 fully saturated rings. The highest BCUT2D eigenvalue weighted by Gasteiger charge is 2.21. The van der Waals surface area contributed by atoms with Gasteiger partial charge in [0.2, 0.25) is 5.91 Å². The fourth-order valence-corrected chi connectivity index (χ4v) is 4.78. The van der Waals surface area contributed by atoms with Crippen LogP contribution in [0, 0.1) is 5.92 Å². The van der Waals surface area contributed by atoms with Crippen molar-refractivity contribution in [2.45, 2.75) is 20.3 Å². The summed E-state index contributed by atoms with van der Waals surface area (Å²) in [4.78, 5) is 38.8. The lowest BCUT2D eigenvalue weighted by Crippen LogP contribution is -2.44. The molecule has 1 saturated heterocycles. The normalized spacial score (nSPS) is 14.6. The lowest BCUT2D eigenvalue weighted by molar-refractivity contribution is -0.116. The van der Waals surface area contributed by atoms with Gasteiger partial charge in [-0.05, 0) is 31.2 Å². The first-order valence-electron chi connectivity index (χ1n) is 12.8. The van der Waals surface area contributed by atoms with Gasteiger partial charge in [-0.3, -0.25) is 14.9 Å². The minimum atomic E-state index is -0.0278. The van der Waals surface area contributed by atoms with Crippen molar-refractivity contribution in [2.75, 3.05) is 43.4 Å². The maximum absolute atomic E-state index is 12.2. The third-order valence-corrected chi connectivity index (χ3v) is 6.78. The van der Waals surface area contributed by atoms with Gasteiger partial charge in [-0.2, -0.15) is 5.10 Å². The molecule has 11 nitrogen and oxygen atoms in total. The van der Waals surface area contributed by atoms with Crippen LogP contribution in [0.2, 0.25) is 0 Å². The maximum atomic E-state index is 12.2. The van der Waals surface area contributed by atoms with Gasteiger partial charge in [0.25, 0.3) is 0 Å². The molecule has 0 unspecified atom stereocenters. The Kier molecular flexibility index (Phi) is 6.20. The number of likely N-dealkylation sites (N-methyl/N-ethyl adjacent to an activating group) is 1. The van der Waals surface area contributed by atoms with Crippen LogP contribution in [-0.2, 0) is 4.79 Å². The molecule has 1 aliphatic heterocycles. The predicted molar refractivity (Wildman–Crippen MR) is 148 cm³/mol. The predicted octanol–water partition coefficient (Wildman–Crippen LogP) is 3.69. The molecule has 5 aromatic rings. The number of carbonyl (C=O) groups excluding carboxylic acids is 1. The summed E-state index contributed by atoms with van der Waals surface area (Å²) in [6.45, 7) is 7.85. The van der Waals surface area contributed by atoms with E-state index in [4.69, 9.17) is 4.98 Å². The highest BCUT2D eigenvalue weighted by atomic mass is 16.1. The molecular weight excluding hydrogens is 480 g/mol. The molecule has 0 spiro atoms. The van der Waals surface area contributed by atoms with Crippen molar-refractivity contribution >= 4 is 39.5 Å². The summed E-state index contributed by atoms with van der Waals surface area (Å²) in [5.74, 6) is 1.82. The fraction of sp³-hybridized carbons (Fsp3) is 0.333. The van der Waals surface area contributed by atoms with Gasteiger partial charge in [0.05, 0.1) is 22.8 Å². The van der Waals surface area contributed by atoms with Gasteiger partial charge in [0.15, 0.2) is 17.3 Å². The number of hydrogen-bond acceptors (Lipinski definition) is 8. The van der Waals surface area contributed by atoms with E-state index in [9.17, 15) is 4.79 Å². The SMILES string of the molecule is CC(C)CC(=O)Nc1cncc(-c2cnc3n[nH]c(-c4nc5c(N6CCN(C)CC6)nccc5[nH]4)c3c2)c1. The van der Waals surface area contributed by atoms with E-state index in [-0.39, 0.29) is 11.8 Å². The molecule has 0 saturated carbocycles. The zero-order chi connectivity index (χ0) is 26.2. The second kappa shape index (κ2) is 9.82. The number of piperazine rings is 1. The van der Waals surface area contributed by atoms with Crippen molar-refractivity contribution < 1.29 is 4.79 Å². The summed E-state index contributed by atoms with van der Waals surface area (Å²) < 4.78 is 0. The molecule has 6 heterocycles. The minimum absolute atomic E-state index is 0.0278. The molecule has 11 heteroatoms. The Morgan fingerprint density at radius 1 is 1.08 bits per heavy atom. The fourth-order valence-electron chi connectivity index (χ4n) is 4.78. The monoisotopic (exact) mass is 510 g/mol. The van der Waals surface area contributed by atoms with Gasteiger partial charge in [-0.25, -0.2) is 15.0 Å². The molecule has 6 rings (SSSR count). The van der Waals surface area contributed by atoms with E-state index in [2.05, 4.69) is 52.3 Å². The number of fused-ring (bicyclic) bond motifs is 2. The number of pyridine rings is 3. The zero-order valence-electron chi connectivity index (χ0n) is 21.7. The first kappa shape index (κ1) is 24.0. The number of nitrogens with zero attached hydrogens (tertiary/aromatic N) is 7. The number of anilines is 2. The highest BCUT2D eigenvalue weighted by molar-refractivity contribution is 5.96. The van der Waals surface area contributed by atoms with E-state index in [0.29, 0.717) is 23.6 Å². The number of aromatic amines is 2. The Morgan fingerprint density at radius 3 is 2.71 bits per heavy atom. The standard InChI is InChI=1S/C27H30N10O/c1-16(2)10-22(38)31-19-11-17(13-28-15-19)18-12-20-23(34-35-25(20)30-14-18)26-32-21-4-5-29-27(24(21)33-26)37-8-6-36(3)7-9-37/h4-5,11-16H,6-10H2,1-3H3,(H,31,38)(H,32,33)(H,30,34,35). The van der Waals surface area contributed by atoms with Gasteiger partial charge in [0.1, 0.15) is 11.2 Å². The van der Waals surface area contributed by atoms with Gasteiger partial charge >= 0.3 is 0 Å². The van der Waals surface area contributed by atoms with Crippen molar-refractivity contribution in [3.05, 3.63) is 43.0 Å². The number of nitrogens with one attached hydrogen (secondary N) is 3. The zero-order valence-corrected chi connectivity index (χ0v) is 21.7. The first-order valence-corrected chi connectivity index (χ1v) is 12.8. The number of aromatic nitrogens is 7. The molecule has 0 aliphatic carbocycles. The average Bonchev–Trinajstić information content (AvgIpc) is 3.52. The number of hydrogen-bond donors (Lipinski definition) is 3. The summed E-state index contributed by atoms with van der Waals surface area (Å²) in [6, 6.07) is 5.87. The quantitative estimate of drug-likeness (QED) is 0.315. The molecular formula is C27H30N10O. The second-order valence-electron chi connectivity index (χ2n) is 10.2.